The van der Waals surface area contributed by atoms with Gasteiger partial charge in [0.15, 0.2) is 6.61 Å². The Bertz CT molecular complexity index is 768. The van der Waals surface area contributed by atoms with Gasteiger partial charge in [-0.1, -0.05) is 53.7 Å². The van der Waals surface area contributed by atoms with Crippen LogP contribution in [0.5, 0.6) is 5.75 Å². The van der Waals surface area contributed by atoms with Crippen molar-refractivity contribution in [2.75, 3.05) is 11.9 Å². The van der Waals surface area contributed by atoms with Crippen molar-refractivity contribution in [2.45, 2.75) is 52.4 Å². The van der Waals surface area contributed by atoms with Gasteiger partial charge in [-0.15, -0.1) is 0 Å². The van der Waals surface area contributed by atoms with Gasteiger partial charge in [-0.25, -0.2) is 4.39 Å². The van der Waals surface area contributed by atoms with E-state index in [-0.39, 0.29) is 29.2 Å². The Morgan fingerprint density at radius 1 is 0.962 bits per heavy atom. The van der Waals surface area contributed by atoms with Gasteiger partial charge >= 0.3 is 0 Å². The fourth-order valence-corrected chi connectivity index (χ4v) is 2.58. The number of amides is 1. The fraction of sp³-hybridized carbons (Fsp3) is 0.409. The summed E-state index contributed by atoms with van der Waals surface area (Å²) in [5.41, 5.74) is 2.77. The van der Waals surface area contributed by atoms with Crippen LogP contribution in [0.4, 0.5) is 10.1 Å². The first-order valence-corrected chi connectivity index (χ1v) is 8.80. The summed E-state index contributed by atoms with van der Waals surface area (Å²) < 4.78 is 18.7. The minimum Gasteiger partial charge on any atom is -0.483 e. The molecule has 0 radical (unpaired) electrons. The monoisotopic (exact) mass is 357 g/mol. The number of rotatable bonds is 4. The van der Waals surface area contributed by atoms with Gasteiger partial charge < -0.3 is 10.1 Å². The summed E-state index contributed by atoms with van der Waals surface area (Å²) in [6.45, 7) is 12.8. The lowest BCUT2D eigenvalue weighted by molar-refractivity contribution is -0.118. The second-order valence-corrected chi connectivity index (χ2v) is 8.55. The first-order valence-electron chi connectivity index (χ1n) is 8.80. The number of halogens is 1. The molecule has 2 aromatic carbocycles. The molecule has 0 aliphatic rings. The van der Waals surface area contributed by atoms with E-state index in [0.717, 1.165) is 5.56 Å². The molecule has 140 valence electrons. The zero-order valence-electron chi connectivity index (χ0n) is 16.4. The molecule has 1 amide bonds. The largest absolute Gasteiger partial charge is 0.483 e. The molecule has 0 saturated carbocycles. The van der Waals surface area contributed by atoms with Crippen LogP contribution in [0.1, 0.15) is 52.7 Å². The third-order valence-corrected chi connectivity index (χ3v) is 4.14. The number of nitrogens with one attached hydrogen (secondary N) is 1. The van der Waals surface area contributed by atoms with E-state index in [1.54, 1.807) is 0 Å². The number of hydrogen-bond donors (Lipinski definition) is 1. The molecule has 0 aliphatic heterocycles. The molecule has 0 aromatic heterocycles. The molecule has 26 heavy (non-hydrogen) atoms. The van der Waals surface area contributed by atoms with E-state index in [2.05, 4.69) is 52.9 Å². The van der Waals surface area contributed by atoms with E-state index in [0.29, 0.717) is 11.4 Å². The van der Waals surface area contributed by atoms with Crippen molar-refractivity contribution in [2.24, 2.45) is 0 Å². The quantitative estimate of drug-likeness (QED) is 0.791. The lowest BCUT2D eigenvalue weighted by atomic mass is 9.80. The Morgan fingerprint density at radius 2 is 1.58 bits per heavy atom. The van der Waals surface area contributed by atoms with Crippen molar-refractivity contribution < 1.29 is 13.9 Å². The van der Waals surface area contributed by atoms with E-state index < -0.39 is 0 Å². The first kappa shape index (κ1) is 20.0. The molecule has 1 N–H and O–H groups in total. The molecule has 2 aromatic rings. The maximum atomic E-state index is 12.9. The van der Waals surface area contributed by atoms with Crippen LogP contribution in [0.15, 0.2) is 42.5 Å². The van der Waals surface area contributed by atoms with Crippen LogP contribution >= 0.6 is 0 Å². The Balaban J connectivity index is 2.13. The standard InChI is InChI=1S/C22H28FNO2/c1-21(2,3)15-7-12-19(18(13-15)22(4,5)6)26-14-20(25)24-17-10-8-16(23)9-11-17/h7-13H,14H2,1-6H3,(H,24,25). The highest BCUT2D eigenvalue weighted by Crippen LogP contribution is 2.35. The third kappa shape index (κ3) is 5.32. The normalized spacial score (nSPS) is 12.0. The Kier molecular flexibility index (Phi) is 5.74. The van der Waals surface area contributed by atoms with Crippen LogP contribution in [0, 0.1) is 5.82 Å². The van der Waals surface area contributed by atoms with E-state index >= 15 is 0 Å². The van der Waals surface area contributed by atoms with Gasteiger partial charge in [0.2, 0.25) is 0 Å². The molecule has 0 spiro atoms. The van der Waals surface area contributed by atoms with Gasteiger partial charge in [-0.2, -0.15) is 0 Å². The van der Waals surface area contributed by atoms with Crippen LogP contribution in [0.2, 0.25) is 0 Å². The van der Waals surface area contributed by atoms with Crippen LogP contribution in [0.25, 0.3) is 0 Å². The summed E-state index contributed by atoms with van der Waals surface area (Å²) in [7, 11) is 0. The maximum absolute atomic E-state index is 12.9. The average molecular weight is 357 g/mol. The molecule has 4 heteroatoms. The predicted molar refractivity (Wildman–Crippen MR) is 104 cm³/mol. The Morgan fingerprint density at radius 3 is 2.12 bits per heavy atom. The summed E-state index contributed by atoms with van der Waals surface area (Å²) in [5, 5.41) is 2.70. The minimum atomic E-state index is -0.340. The number of carbonyl (C=O) groups excluding carboxylic acids is 1. The number of carbonyl (C=O) groups is 1. The fourth-order valence-electron chi connectivity index (χ4n) is 2.58. The Hall–Kier alpha value is -2.36. The smallest absolute Gasteiger partial charge is 0.262 e. The SMILES string of the molecule is CC(C)(C)c1ccc(OCC(=O)Nc2ccc(F)cc2)c(C(C)(C)C)c1. The number of benzene rings is 2. The van der Waals surface area contributed by atoms with E-state index in [1.807, 2.05) is 12.1 Å². The summed E-state index contributed by atoms with van der Waals surface area (Å²) in [4.78, 5) is 12.1. The zero-order valence-corrected chi connectivity index (χ0v) is 16.4. The summed E-state index contributed by atoms with van der Waals surface area (Å²) in [6.07, 6.45) is 0. The molecular formula is C22H28FNO2. The average Bonchev–Trinajstić information content (AvgIpc) is 2.53. The van der Waals surface area contributed by atoms with Crippen molar-refractivity contribution in [3.05, 3.63) is 59.4 Å². The minimum absolute atomic E-state index is 0.0402. The van der Waals surface area contributed by atoms with Crippen LogP contribution in [-0.4, -0.2) is 12.5 Å². The van der Waals surface area contributed by atoms with Crippen molar-refractivity contribution in [3.8, 4) is 5.75 Å². The number of anilines is 1. The lowest BCUT2D eigenvalue weighted by Gasteiger charge is -2.27. The van der Waals surface area contributed by atoms with Gasteiger partial charge in [0, 0.05) is 5.69 Å². The molecule has 0 atom stereocenters. The molecule has 0 bridgehead atoms. The number of hydrogen-bond acceptors (Lipinski definition) is 2. The molecular weight excluding hydrogens is 329 g/mol. The highest BCUT2D eigenvalue weighted by molar-refractivity contribution is 5.91. The molecule has 3 nitrogen and oxygen atoms in total. The van der Waals surface area contributed by atoms with Crippen LogP contribution in [0.3, 0.4) is 0 Å². The van der Waals surface area contributed by atoms with Crippen LogP contribution < -0.4 is 10.1 Å². The van der Waals surface area contributed by atoms with Gasteiger partial charge in [-0.05, 0) is 52.3 Å². The molecule has 2 rings (SSSR count). The van der Waals surface area contributed by atoms with Crippen molar-refractivity contribution >= 4 is 11.6 Å². The first-order chi connectivity index (χ1) is 12.0. The van der Waals surface area contributed by atoms with E-state index in [9.17, 15) is 9.18 Å². The maximum Gasteiger partial charge on any atom is 0.262 e. The van der Waals surface area contributed by atoms with Crippen molar-refractivity contribution in [3.63, 3.8) is 0 Å². The Labute approximate surface area is 155 Å². The lowest BCUT2D eigenvalue weighted by Crippen LogP contribution is -2.22. The molecule has 0 unspecified atom stereocenters. The molecule has 0 aliphatic carbocycles. The summed E-state index contributed by atoms with van der Waals surface area (Å²) in [5.74, 6) is 0.0872. The van der Waals surface area contributed by atoms with Gasteiger partial charge in [0.25, 0.3) is 5.91 Å². The molecule has 0 saturated heterocycles. The zero-order chi connectivity index (χ0) is 19.5. The molecule has 0 heterocycles. The number of ether oxygens (including phenoxy) is 1. The topological polar surface area (TPSA) is 38.3 Å². The second-order valence-electron chi connectivity index (χ2n) is 8.55. The van der Waals surface area contributed by atoms with E-state index in [4.69, 9.17) is 4.74 Å². The second kappa shape index (κ2) is 7.48. The summed E-state index contributed by atoms with van der Waals surface area (Å²) >= 11 is 0. The highest BCUT2D eigenvalue weighted by Gasteiger charge is 2.23. The van der Waals surface area contributed by atoms with Gasteiger partial charge in [-0.3, -0.25) is 4.79 Å². The van der Waals surface area contributed by atoms with Crippen molar-refractivity contribution in [1.82, 2.24) is 0 Å². The summed E-state index contributed by atoms with van der Waals surface area (Å²) in [6, 6.07) is 11.8. The van der Waals surface area contributed by atoms with Crippen LogP contribution in [-0.2, 0) is 15.6 Å². The van der Waals surface area contributed by atoms with Gasteiger partial charge in [0.1, 0.15) is 11.6 Å². The third-order valence-electron chi connectivity index (χ3n) is 4.14. The van der Waals surface area contributed by atoms with Crippen molar-refractivity contribution in [1.29, 1.82) is 0 Å². The highest BCUT2D eigenvalue weighted by atomic mass is 19.1. The van der Waals surface area contributed by atoms with Gasteiger partial charge in [0.05, 0.1) is 0 Å². The molecule has 0 fully saturated rings. The predicted octanol–water partition coefficient (Wildman–Crippen LogP) is 5.44. The van der Waals surface area contributed by atoms with E-state index in [1.165, 1.54) is 29.8 Å².